The number of anilines is 3. The summed E-state index contributed by atoms with van der Waals surface area (Å²) < 4.78 is 5.27. The highest BCUT2D eigenvalue weighted by Crippen LogP contribution is 2.34. The Kier molecular flexibility index (Phi) is 5.77. The highest BCUT2D eigenvalue weighted by atomic mass is 32.2. The molecule has 1 N–H and O–H groups in total. The average molecular weight is 397 g/mol. The van der Waals surface area contributed by atoms with E-state index in [1.807, 2.05) is 23.9 Å². The van der Waals surface area contributed by atoms with Crippen LogP contribution in [-0.4, -0.2) is 43.6 Å². The molecule has 0 radical (unpaired) electrons. The molecule has 146 valence electrons. The molecular weight excluding hydrogens is 372 g/mol. The van der Waals surface area contributed by atoms with Gasteiger partial charge in [0.15, 0.2) is 5.76 Å². The van der Waals surface area contributed by atoms with Crippen molar-refractivity contribution in [2.45, 2.75) is 19.3 Å². The van der Waals surface area contributed by atoms with Crippen molar-refractivity contribution in [2.75, 3.05) is 52.8 Å². The van der Waals surface area contributed by atoms with Gasteiger partial charge < -0.3 is 19.5 Å². The number of nitriles is 1. The molecule has 0 unspecified atom stereocenters. The number of furan rings is 1. The van der Waals surface area contributed by atoms with Gasteiger partial charge in [-0.2, -0.15) is 17.0 Å². The van der Waals surface area contributed by atoms with Crippen molar-refractivity contribution < 1.29 is 9.21 Å². The van der Waals surface area contributed by atoms with Crippen LogP contribution in [0.4, 0.5) is 17.1 Å². The number of hydrogen-bond acceptors (Lipinski definition) is 6. The summed E-state index contributed by atoms with van der Waals surface area (Å²) in [6, 6.07) is 11.2. The number of nitrogens with zero attached hydrogens (tertiary/aromatic N) is 3. The normalized spacial score (nSPS) is 17.2. The topological polar surface area (TPSA) is 72.5 Å². The van der Waals surface area contributed by atoms with Crippen molar-refractivity contribution in [3.63, 3.8) is 0 Å². The number of nitrogens with one attached hydrogen (secondary N) is 1. The maximum Gasteiger partial charge on any atom is 0.291 e. The third-order valence-electron chi connectivity index (χ3n) is 5.24. The lowest BCUT2D eigenvalue weighted by molar-refractivity contribution is 0.0996. The molecule has 1 aromatic carbocycles. The number of rotatable bonds is 4. The van der Waals surface area contributed by atoms with Gasteiger partial charge in [0.25, 0.3) is 5.91 Å². The van der Waals surface area contributed by atoms with Crippen LogP contribution in [0.5, 0.6) is 0 Å². The van der Waals surface area contributed by atoms with E-state index in [1.54, 1.807) is 0 Å². The number of carbonyl (C=O) groups excluding carboxylic acids is 1. The van der Waals surface area contributed by atoms with E-state index in [4.69, 9.17) is 9.68 Å². The monoisotopic (exact) mass is 396 g/mol. The first-order valence-electron chi connectivity index (χ1n) is 9.77. The quantitative estimate of drug-likeness (QED) is 0.844. The van der Waals surface area contributed by atoms with E-state index in [0.29, 0.717) is 0 Å². The van der Waals surface area contributed by atoms with Crippen molar-refractivity contribution in [3.05, 3.63) is 41.9 Å². The van der Waals surface area contributed by atoms with E-state index in [9.17, 15) is 4.79 Å². The molecule has 7 heteroatoms. The van der Waals surface area contributed by atoms with Crippen molar-refractivity contribution in [3.8, 4) is 6.07 Å². The molecule has 2 fully saturated rings. The van der Waals surface area contributed by atoms with E-state index in [0.717, 1.165) is 49.1 Å². The maximum absolute atomic E-state index is 12.6. The second kappa shape index (κ2) is 8.61. The molecule has 3 heterocycles. The third-order valence-corrected chi connectivity index (χ3v) is 6.18. The van der Waals surface area contributed by atoms with Gasteiger partial charge >= 0.3 is 0 Å². The highest BCUT2D eigenvalue weighted by Gasteiger charge is 2.20. The molecule has 28 heavy (non-hydrogen) atoms. The third kappa shape index (κ3) is 4.12. The van der Waals surface area contributed by atoms with Gasteiger partial charge in [0, 0.05) is 43.4 Å². The van der Waals surface area contributed by atoms with Crippen molar-refractivity contribution in [2.24, 2.45) is 0 Å². The van der Waals surface area contributed by atoms with E-state index >= 15 is 0 Å². The molecule has 6 nitrogen and oxygen atoms in total. The molecular formula is C21H24N4O2S. The largest absolute Gasteiger partial charge is 0.440 e. The lowest BCUT2D eigenvalue weighted by Crippen LogP contribution is -2.33. The fourth-order valence-electron chi connectivity index (χ4n) is 3.74. The fraction of sp³-hybridized carbons (Fsp3) is 0.429. The summed E-state index contributed by atoms with van der Waals surface area (Å²) in [6.07, 6.45) is 3.59. The second-order valence-corrected chi connectivity index (χ2v) is 8.30. The summed E-state index contributed by atoms with van der Waals surface area (Å²) in [7, 11) is 0. The van der Waals surface area contributed by atoms with Gasteiger partial charge in [-0.05, 0) is 49.6 Å². The molecule has 0 atom stereocenters. The summed E-state index contributed by atoms with van der Waals surface area (Å²) in [5.41, 5.74) is 3.07. The van der Waals surface area contributed by atoms with E-state index in [-0.39, 0.29) is 17.4 Å². The Morgan fingerprint density at radius 1 is 1.04 bits per heavy atom. The minimum absolute atomic E-state index is 0.139. The number of benzene rings is 1. The molecule has 1 aromatic heterocycles. The molecule has 0 spiro atoms. The predicted molar refractivity (Wildman–Crippen MR) is 113 cm³/mol. The zero-order valence-electron chi connectivity index (χ0n) is 15.8. The summed E-state index contributed by atoms with van der Waals surface area (Å²) >= 11 is 2.00. The van der Waals surface area contributed by atoms with Crippen molar-refractivity contribution in [1.82, 2.24) is 0 Å². The van der Waals surface area contributed by atoms with E-state index in [2.05, 4.69) is 27.2 Å². The number of piperidine rings is 1. The minimum atomic E-state index is -0.332. The first-order chi connectivity index (χ1) is 13.7. The van der Waals surface area contributed by atoms with Gasteiger partial charge in [-0.3, -0.25) is 4.79 Å². The van der Waals surface area contributed by atoms with E-state index < -0.39 is 0 Å². The fourth-order valence-corrected chi connectivity index (χ4v) is 4.65. The van der Waals surface area contributed by atoms with Crippen LogP contribution in [-0.2, 0) is 0 Å². The summed E-state index contributed by atoms with van der Waals surface area (Å²) in [4.78, 5) is 17.4. The predicted octanol–water partition coefficient (Wildman–Crippen LogP) is 3.95. The van der Waals surface area contributed by atoms with Crippen molar-refractivity contribution in [1.29, 1.82) is 5.26 Å². The summed E-state index contributed by atoms with van der Waals surface area (Å²) in [6.45, 7) is 4.11. The van der Waals surface area contributed by atoms with Crippen LogP contribution in [0.25, 0.3) is 0 Å². The van der Waals surface area contributed by atoms with Crippen molar-refractivity contribution >= 4 is 34.7 Å². The van der Waals surface area contributed by atoms with Crippen LogP contribution in [0.1, 0.15) is 35.6 Å². The lowest BCUT2D eigenvalue weighted by Gasteiger charge is -2.33. The smallest absolute Gasteiger partial charge is 0.291 e. The molecule has 0 saturated carbocycles. The molecule has 2 aliphatic rings. The Morgan fingerprint density at radius 2 is 1.82 bits per heavy atom. The Morgan fingerprint density at radius 3 is 2.54 bits per heavy atom. The maximum atomic E-state index is 12.6. The van der Waals surface area contributed by atoms with Gasteiger partial charge in [0.05, 0.1) is 11.4 Å². The first kappa shape index (κ1) is 18.8. The Labute approximate surface area is 169 Å². The molecule has 1 amide bonds. The number of carbonyl (C=O) groups is 1. The Hall–Kier alpha value is -2.59. The zero-order valence-corrected chi connectivity index (χ0v) is 16.6. The molecule has 2 aromatic rings. The Bertz CT molecular complexity index is 877. The average Bonchev–Trinajstić information content (AvgIpc) is 3.25. The SMILES string of the molecule is N#Cc1ccc(C(=O)Nc2ccc(N3CCSCC3)cc2N2CCCCC2)o1. The number of hydrogen-bond donors (Lipinski definition) is 1. The number of thioether (sulfide) groups is 1. The molecule has 0 bridgehead atoms. The van der Waals surface area contributed by atoms with Gasteiger partial charge in [-0.25, -0.2) is 0 Å². The minimum Gasteiger partial charge on any atom is -0.440 e. The van der Waals surface area contributed by atoms with Crippen LogP contribution in [0.2, 0.25) is 0 Å². The van der Waals surface area contributed by atoms with Crippen LogP contribution in [0, 0.1) is 11.3 Å². The molecule has 0 aliphatic carbocycles. The highest BCUT2D eigenvalue weighted by molar-refractivity contribution is 7.99. The molecule has 2 aliphatic heterocycles. The van der Waals surface area contributed by atoms with Gasteiger partial charge in [-0.1, -0.05) is 0 Å². The molecule has 4 rings (SSSR count). The summed E-state index contributed by atoms with van der Waals surface area (Å²) in [5, 5.41) is 11.9. The van der Waals surface area contributed by atoms with Crippen LogP contribution >= 0.6 is 11.8 Å². The van der Waals surface area contributed by atoms with Crippen LogP contribution in [0.15, 0.2) is 34.7 Å². The first-order valence-corrected chi connectivity index (χ1v) is 10.9. The second-order valence-electron chi connectivity index (χ2n) is 7.08. The molecule has 2 saturated heterocycles. The zero-order chi connectivity index (χ0) is 19.3. The summed E-state index contributed by atoms with van der Waals surface area (Å²) in [5.74, 6) is 2.26. The lowest BCUT2D eigenvalue weighted by atomic mass is 10.1. The van der Waals surface area contributed by atoms with Gasteiger partial charge in [0.1, 0.15) is 6.07 Å². The van der Waals surface area contributed by atoms with Crippen LogP contribution in [0.3, 0.4) is 0 Å². The standard InChI is InChI=1S/C21H24N4O2S/c22-15-17-5-7-20(27-17)21(26)23-18-6-4-16(24-10-12-28-13-11-24)14-19(18)25-8-2-1-3-9-25/h4-7,14H,1-3,8-13H2,(H,23,26). The number of amides is 1. The Balaban J connectivity index is 1.61. The van der Waals surface area contributed by atoms with E-state index in [1.165, 1.54) is 37.1 Å². The van der Waals surface area contributed by atoms with Crippen LogP contribution < -0.4 is 15.1 Å². The van der Waals surface area contributed by atoms with Gasteiger partial charge in [-0.15, -0.1) is 0 Å². The van der Waals surface area contributed by atoms with Gasteiger partial charge in [0.2, 0.25) is 5.76 Å².